The van der Waals surface area contributed by atoms with E-state index in [1.165, 1.54) is 10.9 Å². The van der Waals surface area contributed by atoms with Gasteiger partial charge in [-0.25, -0.2) is 0 Å². The Morgan fingerprint density at radius 3 is 2.67 bits per heavy atom. The summed E-state index contributed by atoms with van der Waals surface area (Å²) in [6, 6.07) is 18.1. The molecule has 2 N–H and O–H groups in total. The number of aliphatic carboxylic acids is 1. The van der Waals surface area contributed by atoms with E-state index in [9.17, 15) is 9.90 Å². The summed E-state index contributed by atoms with van der Waals surface area (Å²) in [6.07, 6.45) is 1.29. The maximum absolute atomic E-state index is 11.6. The SMILES string of the molecule is O=C(O)CC1(Cc2ccccc2)OCCc2c1[nH]c1ccccc21. The van der Waals surface area contributed by atoms with Gasteiger partial charge in [-0.15, -0.1) is 0 Å². The topological polar surface area (TPSA) is 62.3 Å². The average Bonchev–Trinajstić information content (AvgIpc) is 2.96. The van der Waals surface area contributed by atoms with Crippen molar-refractivity contribution in [1.29, 1.82) is 0 Å². The van der Waals surface area contributed by atoms with E-state index in [1.54, 1.807) is 0 Å². The lowest BCUT2D eigenvalue weighted by Gasteiger charge is -2.36. The van der Waals surface area contributed by atoms with Gasteiger partial charge in [-0.05, 0) is 23.6 Å². The van der Waals surface area contributed by atoms with Crippen molar-refractivity contribution in [2.24, 2.45) is 0 Å². The Hall–Kier alpha value is -2.59. The zero-order valence-electron chi connectivity index (χ0n) is 13.3. The Labute approximate surface area is 140 Å². The van der Waals surface area contributed by atoms with Crippen LogP contribution in [0.5, 0.6) is 0 Å². The van der Waals surface area contributed by atoms with Crippen LogP contribution in [0.3, 0.4) is 0 Å². The summed E-state index contributed by atoms with van der Waals surface area (Å²) >= 11 is 0. The quantitative estimate of drug-likeness (QED) is 0.771. The highest BCUT2D eigenvalue weighted by Crippen LogP contribution is 2.41. The second kappa shape index (κ2) is 5.80. The number of para-hydroxylation sites is 1. The van der Waals surface area contributed by atoms with Crippen LogP contribution in [-0.4, -0.2) is 22.7 Å². The lowest BCUT2D eigenvalue weighted by Crippen LogP contribution is -2.40. The maximum Gasteiger partial charge on any atom is 0.306 e. The van der Waals surface area contributed by atoms with Gasteiger partial charge in [0.15, 0.2) is 0 Å². The molecule has 122 valence electrons. The molecule has 0 radical (unpaired) electrons. The van der Waals surface area contributed by atoms with Gasteiger partial charge in [0.05, 0.1) is 18.7 Å². The summed E-state index contributed by atoms with van der Waals surface area (Å²) in [5.74, 6) is -0.850. The summed E-state index contributed by atoms with van der Waals surface area (Å²) in [4.78, 5) is 15.0. The lowest BCUT2D eigenvalue weighted by molar-refractivity contribution is -0.148. The van der Waals surface area contributed by atoms with Gasteiger partial charge in [0.2, 0.25) is 0 Å². The molecule has 4 nitrogen and oxygen atoms in total. The summed E-state index contributed by atoms with van der Waals surface area (Å²) in [5.41, 5.74) is 3.37. The Morgan fingerprint density at radius 1 is 1.12 bits per heavy atom. The molecule has 1 aliphatic rings. The number of aromatic amines is 1. The maximum atomic E-state index is 11.6. The molecule has 0 bridgehead atoms. The van der Waals surface area contributed by atoms with Crippen LogP contribution < -0.4 is 0 Å². The zero-order valence-corrected chi connectivity index (χ0v) is 13.3. The van der Waals surface area contributed by atoms with E-state index in [-0.39, 0.29) is 6.42 Å². The number of rotatable bonds is 4. The smallest absolute Gasteiger partial charge is 0.306 e. The lowest BCUT2D eigenvalue weighted by atomic mass is 9.83. The van der Waals surface area contributed by atoms with Gasteiger partial charge in [0, 0.05) is 17.3 Å². The number of carboxylic acid groups (broad SMARTS) is 1. The number of H-pyrrole nitrogens is 1. The number of carbonyl (C=O) groups is 1. The van der Waals surface area contributed by atoms with Crippen molar-refractivity contribution < 1.29 is 14.6 Å². The molecule has 0 saturated heterocycles. The third kappa shape index (κ3) is 2.49. The number of carboxylic acids is 1. The summed E-state index contributed by atoms with van der Waals surface area (Å²) in [6.45, 7) is 0.537. The van der Waals surface area contributed by atoms with E-state index in [4.69, 9.17) is 4.74 Å². The molecule has 1 unspecified atom stereocenters. The average molecular weight is 321 g/mol. The second-order valence-corrected chi connectivity index (χ2v) is 6.35. The van der Waals surface area contributed by atoms with Crippen LogP contribution >= 0.6 is 0 Å². The fourth-order valence-electron chi connectivity index (χ4n) is 3.78. The molecule has 1 atom stereocenters. The van der Waals surface area contributed by atoms with Crippen LogP contribution in [0.4, 0.5) is 0 Å². The highest BCUT2D eigenvalue weighted by atomic mass is 16.5. The molecule has 0 saturated carbocycles. The molecule has 4 rings (SSSR count). The Bertz CT molecular complexity index is 884. The molecular weight excluding hydrogens is 302 g/mol. The molecule has 24 heavy (non-hydrogen) atoms. The fraction of sp³-hybridized carbons (Fsp3) is 0.250. The van der Waals surface area contributed by atoms with E-state index >= 15 is 0 Å². The Balaban J connectivity index is 1.87. The molecule has 4 heteroatoms. The van der Waals surface area contributed by atoms with Crippen LogP contribution in [0.15, 0.2) is 54.6 Å². The molecule has 2 aromatic carbocycles. The van der Waals surface area contributed by atoms with Gasteiger partial charge >= 0.3 is 5.97 Å². The van der Waals surface area contributed by atoms with Crippen molar-refractivity contribution in [2.75, 3.05) is 6.61 Å². The molecule has 0 spiro atoms. The molecular formula is C20H19NO3. The minimum Gasteiger partial charge on any atom is -0.481 e. The molecule has 1 aromatic heterocycles. The van der Waals surface area contributed by atoms with E-state index < -0.39 is 11.6 Å². The number of hydrogen-bond donors (Lipinski definition) is 2. The molecule has 0 aliphatic carbocycles. The van der Waals surface area contributed by atoms with Crippen LogP contribution in [0, 0.1) is 0 Å². The normalized spacial score (nSPS) is 20.0. The Morgan fingerprint density at radius 2 is 1.88 bits per heavy atom. The number of hydrogen-bond acceptors (Lipinski definition) is 2. The first-order valence-corrected chi connectivity index (χ1v) is 8.18. The molecule has 1 aliphatic heterocycles. The van der Waals surface area contributed by atoms with Crippen molar-refractivity contribution in [3.05, 3.63) is 71.4 Å². The first-order chi connectivity index (χ1) is 11.7. The van der Waals surface area contributed by atoms with Gasteiger partial charge in [0.1, 0.15) is 5.60 Å². The minimum absolute atomic E-state index is 0.0539. The predicted octanol–water partition coefficient (Wildman–Crippen LogP) is 3.65. The Kier molecular flexibility index (Phi) is 3.62. The van der Waals surface area contributed by atoms with Crippen LogP contribution in [0.2, 0.25) is 0 Å². The summed E-state index contributed by atoms with van der Waals surface area (Å²) in [7, 11) is 0. The third-order valence-corrected chi connectivity index (χ3v) is 4.77. The van der Waals surface area contributed by atoms with Crippen molar-refractivity contribution in [1.82, 2.24) is 4.98 Å². The van der Waals surface area contributed by atoms with Crippen LogP contribution in [-0.2, 0) is 28.0 Å². The van der Waals surface area contributed by atoms with E-state index in [2.05, 4.69) is 11.1 Å². The highest BCUT2D eigenvalue weighted by molar-refractivity contribution is 5.85. The van der Waals surface area contributed by atoms with Crippen molar-refractivity contribution in [3.8, 4) is 0 Å². The van der Waals surface area contributed by atoms with Gasteiger partial charge in [-0.3, -0.25) is 4.79 Å². The van der Waals surface area contributed by atoms with E-state index in [0.717, 1.165) is 23.2 Å². The van der Waals surface area contributed by atoms with Crippen molar-refractivity contribution >= 4 is 16.9 Å². The fourth-order valence-corrected chi connectivity index (χ4v) is 3.78. The molecule has 0 amide bonds. The van der Waals surface area contributed by atoms with Gasteiger partial charge in [-0.2, -0.15) is 0 Å². The summed E-state index contributed by atoms with van der Waals surface area (Å²) in [5, 5.41) is 10.7. The number of nitrogens with one attached hydrogen (secondary N) is 1. The van der Waals surface area contributed by atoms with Gasteiger partial charge in [-0.1, -0.05) is 48.5 Å². The number of benzene rings is 2. The molecule has 3 aromatic rings. The number of aromatic nitrogens is 1. The zero-order chi connectivity index (χ0) is 16.6. The summed E-state index contributed by atoms with van der Waals surface area (Å²) < 4.78 is 6.12. The van der Waals surface area contributed by atoms with Crippen LogP contribution in [0.25, 0.3) is 10.9 Å². The predicted molar refractivity (Wildman–Crippen MR) is 92.0 cm³/mol. The highest BCUT2D eigenvalue weighted by Gasteiger charge is 2.42. The minimum atomic E-state index is -0.850. The van der Waals surface area contributed by atoms with E-state index in [0.29, 0.717) is 13.0 Å². The van der Waals surface area contributed by atoms with Gasteiger partial charge in [0.25, 0.3) is 0 Å². The number of fused-ring (bicyclic) bond motifs is 3. The first kappa shape index (κ1) is 15.0. The van der Waals surface area contributed by atoms with Crippen LogP contribution in [0.1, 0.15) is 23.2 Å². The molecule has 0 fully saturated rings. The molecule has 2 heterocycles. The van der Waals surface area contributed by atoms with Crippen molar-refractivity contribution in [2.45, 2.75) is 24.9 Å². The monoisotopic (exact) mass is 321 g/mol. The first-order valence-electron chi connectivity index (χ1n) is 8.18. The van der Waals surface area contributed by atoms with E-state index in [1.807, 2.05) is 48.5 Å². The van der Waals surface area contributed by atoms with Crippen molar-refractivity contribution in [3.63, 3.8) is 0 Å². The third-order valence-electron chi connectivity index (χ3n) is 4.77. The number of ether oxygens (including phenoxy) is 1. The second-order valence-electron chi connectivity index (χ2n) is 6.35. The largest absolute Gasteiger partial charge is 0.481 e. The standard InChI is InChI=1S/C20H19NO3/c22-18(23)13-20(12-14-6-2-1-3-7-14)19-16(10-11-24-20)15-8-4-5-9-17(15)21-19/h1-9,21H,10-13H2,(H,22,23). The van der Waals surface area contributed by atoms with Gasteiger partial charge < -0.3 is 14.8 Å².